The van der Waals surface area contributed by atoms with Crippen molar-refractivity contribution in [2.75, 3.05) is 0 Å². The van der Waals surface area contributed by atoms with Crippen LogP contribution in [0.5, 0.6) is 0 Å². The van der Waals surface area contributed by atoms with Crippen LogP contribution in [0.3, 0.4) is 0 Å². The number of hydrogen-bond donors (Lipinski definition) is 5. The topological polar surface area (TPSA) is 147 Å². The highest BCUT2D eigenvalue weighted by Crippen LogP contribution is 2.01. The molecule has 1 rings (SSSR count). The van der Waals surface area contributed by atoms with Crippen LogP contribution < -0.4 is 0 Å². The molecule has 0 aliphatic carbocycles. The summed E-state index contributed by atoms with van der Waals surface area (Å²) >= 11 is 0. The van der Waals surface area contributed by atoms with E-state index >= 15 is 0 Å². The first kappa shape index (κ1) is 13.0. The summed E-state index contributed by atoms with van der Waals surface area (Å²) < 4.78 is 20.5. The summed E-state index contributed by atoms with van der Waals surface area (Å²) in [5.74, 6) is 0. The van der Waals surface area contributed by atoms with E-state index in [-0.39, 0.29) is 0 Å². The zero-order valence-corrected chi connectivity index (χ0v) is 7.16. The Morgan fingerprint density at radius 2 is 0.533 bits per heavy atom. The summed E-state index contributed by atoms with van der Waals surface area (Å²) in [7, 11) is -10.5. The van der Waals surface area contributed by atoms with Gasteiger partial charge >= 0.3 is 36.6 Å². The maximum atomic E-state index is 8.82. The zero-order valence-electron chi connectivity index (χ0n) is 7.16. The van der Waals surface area contributed by atoms with Crippen molar-refractivity contribution in [1.82, 2.24) is 0 Å². The van der Waals surface area contributed by atoms with Crippen LogP contribution in [0.4, 0.5) is 0 Å². The van der Waals surface area contributed by atoms with Gasteiger partial charge in [-0.1, -0.05) is 0 Å². The minimum absolute atomic E-state index is 2.09. The molecule has 15 heteroatoms. The molecule has 1 aliphatic rings. The van der Waals surface area contributed by atoms with Crippen LogP contribution in [0.15, 0.2) is 0 Å². The van der Waals surface area contributed by atoms with Crippen LogP contribution in [0.1, 0.15) is 0 Å². The van der Waals surface area contributed by atoms with Crippen molar-refractivity contribution >= 4 is 36.6 Å². The molecule has 0 aromatic heterocycles. The second-order valence-corrected chi connectivity index (χ2v) is 2.22. The van der Waals surface area contributed by atoms with E-state index in [0.717, 1.165) is 0 Å². The zero-order chi connectivity index (χ0) is 11.4. The highest BCUT2D eigenvalue weighted by molar-refractivity contribution is 6.65. The molecule has 5 N–H and O–H groups in total. The predicted octanol–water partition coefficient (Wildman–Crippen LogP) is -5.03. The summed E-state index contributed by atoms with van der Waals surface area (Å²) in [4.78, 5) is 0. The van der Waals surface area contributed by atoms with Gasteiger partial charge in [0.05, 0.1) is 0 Å². The summed E-state index contributed by atoms with van der Waals surface area (Å²) in [5.41, 5.74) is 0. The fraction of sp³-hybridized carbons (Fsp3) is 0. The van der Waals surface area contributed by atoms with E-state index in [1.165, 1.54) is 0 Å². The van der Waals surface area contributed by atoms with Crippen LogP contribution in [-0.4, -0.2) is 61.7 Å². The summed E-state index contributed by atoms with van der Waals surface area (Å²) in [6, 6.07) is 0. The third-order valence-corrected chi connectivity index (χ3v) is 1.16. The van der Waals surface area contributed by atoms with Crippen LogP contribution in [0.2, 0.25) is 0 Å². The second-order valence-electron chi connectivity index (χ2n) is 2.22. The van der Waals surface area contributed by atoms with Gasteiger partial charge in [-0.25, -0.2) is 0 Å². The second kappa shape index (κ2) is 5.86. The molecule has 0 atom stereocenters. The maximum absolute atomic E-state index is 8.82. The smallest absolute Gasteiger partial charge is 0.403 e. The van der Waals surface area contributed by atoms with E-state index in [2.05, 4.69) is 22.9 Å². The predicted molar refractivity (Wildman–Crippen MR) is 45.3 cm³/mol. The lowest BCUT2D eigenvalue weighted by atomic mass is 9.98. The molecule has 0 amide bonds. The molecular weight excluding hydrogens is 214 g/mol. The molecule has 1 aliphatic heterocycles. The third-order valence-electron chi connectivity index (χ3n) is 1.16. The molecule has 0 unspecified atom stereocenters. The molecule has 1 saturated heterocycles. The number of rotatable bonds is 0. The summed E-state index contributed by atoms with van der Waals surface area (Å²) in [6.07, 6.45) is 0. The lowest BCUT2D eigenvalue weighted by molar-refractivity contribution is 0.134. The van der Waals surface area contributed by atoms with Gasteiger partial charge in [-0.3, -0.25) is 0 Å². The first-order valence-corrected chi connectivity index (χ1v) is 3.65. The number of hydrogen-bond acceptors (Lipinski definition) is 10. The molecule has 0 aromatic rings. The largest absolute Gasteiger partial charge is 0.612 e. The van der Waals surface area contributed by atoms with Gasteiger partial charge in [-0.05, 0) is 0 Å². The molecule has 0 spiro atoms. The minimum atomic E-state index is -2.09. The quantitative estimate of drug-likeness (QED) is 0.251. The normalized spacial score (nSPS) is 21.0. The van der Waals surface area contributed by atoms with Gasteiger partial charge in [-0.15, -0.1) is 0 Å². The van der Waals surface area contributed by atoms with Crippen molar-refractivity contribution in [1.29, 1.82) is 0 Å². The van der Waals surface area contributed by atoms with Crippen LogP contribution >= 0.6 is 0 Å². The van der Waals surface area contributed by atoms with Crippen molar-refractivity contribution in [2.45, 2.75) is 0 Å². The van der Waals surface area contributed by atoms with E-state index < -0.39 is 36.6 Å². The Morgan fingerprint density at radius 1 is 0.400 bits per heavy atom. The molecule has 0 aromatic carbocycles. The Bertz CT molecular complexity index is 130. The van der Waals surface area contributed by atoms with Crippen molar-refractivity contribution in [3.8, 4) is 0 Å². The van der Waals surface area contributed by atoms with Crippen molar-refractivity contribution < 1.29 is 48.0 Å². The van der Waals surface area contributed by atoms with Gasteiger partial charge in [0.25, 0.3) is 0 Å². The van der Waals surface area contributed by atoms with Gasteiger partial charge in [0.15, 0.2) is 0 Å². The molecule has 0 saturated carbocycles. The minimum Gasteiger partial charge on any atom is -0.403 e. The van der Waals surface area contributed by atoms with E-state index in [9.17, 15) is 0 Å². The van der Waals surface area contributed by atoms with E-state index in [1.54, 1.807) is 0 Å². The van der Waals surface area contributed by atoms with Gasteiger partial charge in [0, 0.05) is 0 Å². The van der Waals surface area contributed by atoms with Crippen molar-refractivity contribution in [3.63, 3.8) is 0 Å². The fourth-order valence-electron chi connectivity index (χ4n) is 0.658. The third kappa shape index (κ3) is 4.99. The van der Waals surface area contributed by atoms with Crippen molar-refractivity contribution in [3.05, 3.63) is 0 Å². The van der Waals surface area contributed by atoms with E-state index in [1.807, 2.05) is 0 Å². The van der Waals surface area contributed by atoms with Gasteiger partial charge in [-0.2, -0.15) is 0 Å². The van der Waals surface area contributed by atoms with Crippen molar-refractivity contribution in [2.24, 2.45) is 0 Å². The molecule has 1 heterocycles. The summed E-state index contributed by atoms with van der Waals surface area (Å²) in [5, 5.41) is 44.1. The molecule has 15 heavy (non-hydrogen) atoms. The van der Waals surface area contributed by atoms with Gasteiger partial charge in [0.1, 0.15) is 0 Å². The monoisotopic (exact) mass is 220 g/mol. The van der Waals surface area contributed by atoms with Crippen LogP contribution in [-0.2, 0) is 22.9 Å². The fourth-order valence-corrected chi connectivity index (χ4v) is 0.658. The lowest BCUT2D eigenvalue weighted by Crippen LogP contribution is -2.49. The van der Waals surface area contributed by atoms with Crippen LogP contribution in [0.25, 0.3) is 0 Å². The van der Waals surface area contributed by atoms with Gasteiger partial charge in [0.2, 0.25) is 0 Å². The van der Waals surface area contributed by atoms with E-state index in [4.69, 9.17) is 25.1 Å². The van der Waals surface area contributed by atoms with Crippen LogP contribution in [0, 0.1) is 0 Å². The maximum Gasteiger partial charge on any atom is 0.612 e. The molecule has 80 valence electrons. The molecule has 10 nitrogen and oxygen atoms in total. The Labute approximate surface area is 85.5 Å². The Morgan fingerprint density at radius 3 is 0.667 bits per heavy atom. The Balaban J connectivity index is 2.55. The first-order chi connectivity index (χ1) is 6.97. The highest BCUT2D eigenvalue weighted by atomic mass is 16.8. The highest BCUT2D eigenvalue weighted by Gasteiger charge is 2.41. The SMILES string of the molecule is OB1OB(O)OB(O)OB(O)OB(O)O1. The van der Waals surface area contributed by atoms with Gasteiger partial charge < -0.3 is 48.0 Å². The molecular formula is H5B5O10. The first-order valence-electron chi connectivity index (χ1n) is 3.65. The lowest BCUT2D eigenvalue weighted by Gasteiger charge is -2.19. The molecule has 1 fully saturated rings. The molecule has 0 bridgehead atoms. The Hall–Kier alpha value is -0.0753. The molecule has 0 radical (unpaired) electrons. The Kier molecular flexibility index (Phi) is 5.07. The average Bonchev–Trinajstić information content (AvgIpc) is 1.98. The summed E-state index contributed by atoms with van der Waals surface area (Å²) in [6.45, 7) is 0. The average molecular weight is 219 g/mol. The standard InChI is InChI=1S/B5H5O10/c6-1-11-2(7)13-4(9)15-5(10)14-3(8)12-1/h6-10H. The van der Waals surface area contributed by atoms with E-state index in [0.29, 0.717) is 0 Å².